The van der Waals surface area contributed by atoms with E-state index in [4.69, 9.17) is 18.9 Å². The van der Waals surface area contributed by atoms with E-state index in [1.807, 2.05) is 36.4 Å². The molecular weight excluding hydrogens is 458 g/mol. The van der Waals surface area contributed by atoms with Crippen molar-refractivity contribution in [2.45, 2.75) is 19.5 Å². The molecule has 0 bridgehead atoms. The van der Waals surface area contributed by atoms with E-state index in [0.29, 0.717) is 12.5 Å². The smallest absolute Gasteiger partial charge is 0.224 e. The second kappa shape index (κ2) is 12.9. The molecule has 4 rings (SSSR count). The molecule has 1 N–H and O–H groups in total. The molecule has 0 radical (unpaired) electrons. The number of carbonyl (C=O) groups excluding carboxylic acids is 1. The summed E-state index contributed by atoms with van der Waals surface area (Å²) >= 11 is 0. The number of nitrogens with one attached hydrogen (secondary N) is 1. The summed E-state index contributed by atoms with van der Waals surface area (Å²) in [5, 5.41) is 3.17. The fourth-order valence-electron chi connectivity index (χ4n) is 5.22. The van der Waals surface area contributed by atoms with Gasteiger partial charge in [0, 0.05) is 45.8 Å². The van der Waals surface area contributed by atoms with E-state index in [1.165, 1.54) is 0 Å². The van der Waals surface area contributed by atoms with Crippen molar-refractivity contribution in [3.8, 4) is 17.2 Å². The first-order valence-electron chi connectivity index (χ1n) is 12.7. The lowest BCUT2D eigenvalue weighted by Crippen LogP contribution is -2.49. The summed E-state index contributed by atoms with van der Waals surface area (Å²) in [5.41, 5.74) is 2.21. The molecule has 2 saturated heterocycles. The second-order valence-electron chi connectivity index (χ2n) is 9.66. The Morgan fingerprint density at radius 1 is 0.917 bits per heavy atom. The van der Waals surface area contributed by atoms with Gasteiger partial charge in [-0.15, -0.1) is 0 Å². The first kappa shape index (κ1) is 26.3. The van der Waals surface area contributed by atoms with E-state index in [9.17, 15) is 4.79 Å². The van der Waals surface area contributed by atoms with Crippen molar-refractivity contribution in [2.24, 2.45) is 11.8 Å². The summed E-state index contributed by atoms with van der Waals surface area (Å²) in [6, 6.07) is 13.9. The van der Waals surface area contributed by atoms with Crippen LogP contribution in [-0.2, 0) is 22.6 Å². The van der Waals surface area contributed by atoms with E-state index in [2.05, 4.69) is 21.2 Å². The molecule has 2 fully saturated rings. The maximum absolute atomic E-state index is 13.3. The molecule has 196 valence electrons. The molecule has 8 heteroatoms. The molecule has 2 aromatic carbocycles. The van der Waals surface area contributed by atoms with Gasteiger partial charge in [-0.3, -0.25) is 14.6 Å². The topological polar surface area (TPSA) is 72.5 Å². The quantitative estimate of drug-likeness (QED) is 0.541. The Kier molecular flexibility index (Phi) is 9.44. The Morgan fingerprint density at radius 3 is 2.33 bits per heavy atom. The molecule has 0 aromatic heterocycles. The Labute approximate surface area is 214 Å². The number of morpholine rings is 1. The van der Waals surface area contributed by atoms with Gasteiger partial charge in [0.25, 0.3) is 0 Å². The number of benzene rings is 2. The standard InChI is InChI=1S/C28H39N3O5/c1-33-25-7-4-21(5-8-25)16-29-28(32)24-14-23(18-30-10-12-36-13-11-30)19-31(20-24)17-22-6-9-26(34-2)27(15-22)35-3/h4-9,15,23-24H,10-14,16-20H2,1-3H3,(H,29,32)/t23-,24-/m1/s1. The van der Waals surface area contributed by atoms with Gasteiger partial charge in [-0.05, 0) is 47.7 Å². The van der Waals surface area contributed by atoms with Crippen molar-refractivity contribution in [1.82, 2.24) is 15.1 Å². The van der Waals surface area contributed by atoms with Crippen LogP contribution in [0, 0.1) is 11.8 Å². The van der Waals surface area contributed by atoms with Crippen LogP contribution >= 0.6 is 0 Å². The number of nitrogens with zero attached hydrogens (tertiary/aromatic N) is 2. The largest absolute Gasteiger partial charge is 0.497 e. The van der Waals surface area contributed by atoms with Gasteiger partial charge >= 0.3 is 0 Å². The minimum absolute atomic E-state index is 0.0526. The van der Waals surface area contributed by atoms with Crippen LogP contribution < -0.4 is 19.5 Å². The highest BCUT2D eigenvalue weighted by Crippen LogP contribution is 2.30. The van der Waals surface area contributed by atoms with Crippen LogP contribution in [-0.4, -0.2) is 83.0 Å². The fourth-order valence-corrected chi connectivity index (χ4v) is 5.22. The molecule has 1 amide bonds. The maximum atomic E-state index is 13.3. The predicted octanol–water partition coefficient (Wildman–Crippen LogP) is 2.80. The van der Waals surface area contributed by atoms with Crippen LogP contribution in [0.25, 0.3) is 0 Å². The van der Waals surface area contributed by atoms with Gasteiger partial charge in [0.2, 0.25) is 5.91 Å². The van der Waals surface area contributed by atoms with Crippen molar-refractivity contribution in [3.63, 3.8) is 0 Å². The van der Waals surface area contributed by atoms with Crippen LogP contribution in [0.1, 0.15) is 17.5 Å². The number of hydrogen-bond donors (Lipinski definition) is 1. The van der Waals surface area contributed by atoms with Crippen LogP contribution in [0.15, 0.2) is 42.5 Å². The van der Waals surface area contributed by atoms with Gasteiger partial charge in [-0.1, -0.05) is 18.2 Å². The van der Waals surface area contributed by atoms with Crippen molar-refractivity contribution in [3.05, 3.63) is 53.6 Å². The van der Waals surface area contributed by atoms with Gasteiger partial charge < -0.3 is 24.3 Å². The summed E-state index contributed by atoms with van der Waals surface area (Å²) in [7, 11) is 4.96. The third kappa shape index (κ3) is 7.12. The number of methoxy groups -OCH3 is 3. The highest BCUT2D eigenvalue weighted by Gasteiger charge is 2.33. The van der Waals surface area contributed by atoms with Gasteiger partial charge in [-0.2, -0.15) is 0 Å². The monoisotopic (exact) mass is 497 g/mol. The molecular formula is C28H39N3O5. The molecule has 2 aromatic rings. The number of likely N-dealkylation sites (tertiary alicyclic amines) is 1. The summed E-state index contributed by atoms with van der Waals surface area (Å²) < 4.78 is 21.7. The van der Waals surface area contributed by atoms with E-state index >= 15 is 0 Å². The Bertz CT molecular complexity index is 978. The number of piperidine rings is 1. The Balaban J connectivity index is 1.42. The zero-order valence-electron chi connectivity index (χ0n) is 21.7. The lowest BCUT2D eigenvalue weighted by Gasteiger charge is -2.40. The molecule has 8 nitrogen and oxygen atoms in total. The molecule has 2 aliphatic rings. The van der Waals surface area contributed by atoms with Gasteiger partial charge in [0.15, 0.2) is 11.5 Å². The van der Waals surface area contributed by atoms with Gasteiger partial charge in [0.05, 0.1) is 40.5 Å². The van der Waals surface area contributed by atoms with Crippen molar-refractivity contribution < 1.29 is 23.7 Å². The molecule has 0 aliphatic carbocycles. The summed E-state index contributed by atoms with van der Waals surface area (Å²) in [4.78, 5) is 18.2. The minimum Gasteiger partial charge on any atom is -0.497 e. The zero-order chi connectivity index (χ0) is 25.3. The SMILES string of the molecule is COc1ccc(CNC(=O)[C@@H]2C[C@H](CN3CCOCC3)CN(Cc3ccc(OC)c(OC)c3)C2)cc1. The number of rotatable bonds is 10. The average Bonchev–Trinajstić information content (AvgIpc) is 2.92. The Morgan fingerprint density at radius 2 is 1.64 bits per heavy atom. The normalized spacial score (nSPS) is 21.1. The highest BCUT2D eigenvalue weighted by atomic mass is 16.5. The molecule has 2 heterocycles. The van der Waals surface area contributed by atoms with Crippen molar-refractivity contribution in [1.29, 1.82) is 0 Å². The van der Waals surface area contributed by atoms with E-state index in [-0.39, 0.29) is 11.8 Å². The van der Waals surface area contributed by atoms with Crippen LogP contribution in [0.5, 0.6) is 17.2 Å². The van der Waals surface area contributed by atoms with Crippen LogP contribution in [0.3, 0.4) is 0 Å². The van der Waals surface area contributed by atoms with Crippen molar-refractivity contribution >= 4 is 5.91 Å². The average molecular weight is 498 g/mol. The van der Waals surface area contributed by atoms with E-state index in [1.54, 1.807) is 21.3 Å². The third-order valence-corrected chi connectivity index (χ3v) is 7.08. The van der Waals surface area contributed by atoms with E-state index in [0.717, 1.165) is 87.3 Å². The maximum Gasteiger partial charge on any atom is 0.224 e. The number of carbonyl (C=O) groups is 1. The molecule has 0 unspecified atom stereocenters. The first-order valence-corrected chi connectivity index (χ1v) is 12.7. The van der Waals surface area contributed by atoms with E-state index < -0.39 is 0 Å². The summed E-state index contributed by atoms with van der Waals surface area (Å²) in [5.74, 6) is 2.76. The molecule has 0 spiro atoms. The number of amides is 1. The van der Waals surface area contributed by atoms with Crippen molar-refractivity contribution in [2.75, 3.05) is 67.3 Å². The van der Waals surface area contributed by atoms with Crippen LogP contribution in [0.4, 0.5) is 0 Å². The highest BCUT2D eigenvalue weighted by molar-refractivity contribution is 5.79. The van der Waals surface area contributed by atoms with Gasteiger partial charge in [0.1, 0.15) is 5.75 Å². The van der Waals surface area contributed by atoms with Crippen LogP contribution in [0.2, 0.25) is 0 Å². The molecule has 0 saturated carbocycles. The predicted molar refractivity (Wildman–Crippen MR) is 139 cm³/mol. The number of ether oxygens (including phenoxy) is 4. The fraction of sp³-hybridized carbons (Fsp3) is 0.536. The molecule has 2 aliphatic heterocycles. The van der Waals surface area contributed by atoms with Gasteiger partial charge in [-0.25, -0.2) is 0 Å². The molecule has 2 atom stereocenters. The number of hydrogen-bond acceptors (Lipinski definition) is 7. The summed E-state index contributed by atoms with van der Waals surface area (Å²) in [6.45, 7) is 7.47. The first-order chi connectivity index (χ1) is 17.6. The minimum atomic E-state index is -0.0526. The Hall–Kier alpha value is -2.81. The lowest BCUT2D eigenvalue weighted by atomic mass is 9.87. The molecule has 36 heavy (non-hydrogen) atoms. The zero-order valence-corrected chi connectivity index (χ0v) is 21.7. The lowest BCUT2D eigenvalue weighted by molar-refractivity contribution is -0.128. The third-order valence-electron chi connectivity index (χ3n) is 7.08. The summed E-state index contributed by atoms with van der Waals surface area (Å²) in [6.07, 6.45) is 0.897. The second-order valence-corrected chi connectivity index (χ2v) is 9.66.